The lowest BCUT2D eigenvalue weighted by Gasteiger charge is -2.32. The summed E-state index contributed by atoms with van der Waals surface area (Å²) >= 11 is 0. The third kappa shape index (κ3) is 1.51. The molecule has 0 radical (unpaired) electrons. The summed E-state index contributed by atoms with van der Waals surface area (Å²) in [4.78, 5) is 15.4. The molecule has 1 aliphatic rings. The van der Waals surface area contributed by atoms with Gasteiger partial charge in [-0.05, 0) is 25.0 Å². The van der Waals surface area contributed by atoms with Crippen molar-refractivity contribution in [1.29, 1.82) is 0 Å². The molecular formula is C12H12N2O3. The van der Waals surface area contributed by atoms with E-state index < -0.39 is 5.97 Å². The highest BCUT2D eigenvalue weighted by atomic mass is 16.4. The Morgan fingerprint density at radius 1 is 1.41 bits per heavy atom. The number of carboxylic acids is 1. The van der Waals surface area contributed by atoms with Gasteiger partial charge in [-0.15, -0.1) is 0 Å². The Bertz CT molecular complexity index is 584. The van der Waals surface area contributed by atoms with Gasteiger partial charge < -0.3 is 14.8 Å². The van der Waals surface area contributed by atoms with Crippen molar-refractivity contribution in [2.75, 3.05) is 0 Å². The van der Waals surface area contributed by atoms with Crippen molar-refractivity contribution < 1.29 is 15.0 Å². The van der Waals surface area contributed by atoms with Crippen LogP contribution in [0, 0.1) is 0 Å². The van der Waals surface area contributed by atoms with Crippen molar-refractivity contribution in [2.24, 2.45) is 0 Å². The highest BCUT2D eigenvalue weighted by Crippen LogP contribution is 2.35. The van der Waals surface area contributed by atoms with E-state index in [-0.39, 0.29) is 17.7 Å². The molecule has 2 aromatic rings. The molecular weight excluding hydrogens is 220 g/mol. The van der Waals surface area contributed by atoms with Crippen LogP contribution in [0.4, 0.5) is 0 Å². The van der Waals surface area contributed by atoms with Crippen LogP contribution in [0.1, 0.15) is 29.2 Å². The van der Waals surface area contributed by atoms with E-state index in [9.17, 15) is 9.90 Å². The van der Waals surface area contributed by atoms with Crippen molar-refractivity contribution >= 4 is 17.0 Å². The summed E-state index contributed by atoms with van der Waals surface area (Å²) in [7, 11) is 0. The van der Waals surface area contributed by atoms with Crippen LogP contribution in [-0.4, -0.2) is 31.8 Å². The Labute approximate surface area is 97.3 Å². The Balaban J connectivity index is 2.16. The van der Waals surface area contributed by atoms with E-state index >= 15 is 0 Å². The van der Waals surface area contributed by atoms with Gasteiger partial charge in [0.1, 0.15) is 0 Å². The number of para-hydroxylation sites is 1. The highest BCUT2D eigenvalue weighted by Gasteiger charge is 2.30. The first-order chi connectivity index (χ1) is 8.16. The average Bonchev–Trinajstić information content (AvgIpc) is 2.67. The second-order valence-electron chi connectivity index (χ2n) is 4.41. The number of nitrogens with zero attached hydrogens (tertiary/aromatic N) is 2. The standard InChI is InChI=1S/C12H12N2O3/c15-8-4-7(5-8)14-6-13-10-3-1-2-9(11(10)14)12(16)17/h1-3,6-8,15H,4-5H2,(H,16,17). The Hall–Kier alpha value is -1.88. The van der Waals surface area contributed by atoms with Gasteiger partial charge in [-0.25, -0.2) is 9.78 Å². The van der Waals surface area contributed by atoms with Crippen molar-refractivity contribution in [1.82, 2.24) is 9.55 Å². The fourth-order valence-corrected chi connectivity index (χ4v) is 2.32. The van der Waals surface area contributed by atoms with Crippen LogP contribution in [0.15, 0.2) is 24.5 Å². The second kappa shape index (κ2) is 3.56. The normalized spacial score (nSPS) is 23.6. The highest BCUT2D eigenvalue weighted by molar-refractivity contribution is 6.01. The number of aliphatic hydroxyl groups is 1. The van der Waals surface area contributed by atoms with Crippen molar-refractivity contribution in [3.8, 4) is 0 Å². The van der Waals surface area contributed by atoms with E-state index in [0.717, 1.165) is 0 Å². The molecule has 1 fully saturated rings. The molecule has 0 bridgehead atoms. The zero-order valence-corrected chi connectivity index (χ0v) is 9.08. The molecule has 1 aromatic carbocycles. The zero-order valence-electron chi connectivity index (χ0n) is 9.08. The van der Waals surface area contributed by atoms with Gasteiger partial charge in [-0.3, -0.25) is 0 Å². The summed E-state index contributed by atoms with van der Waals surface area (Å²) in [6, 6.07) is 5.24. The van der Waals surface area contributed by atoms with E-state index in [4.69, 9.17) is 5.11 Å². The first kappa shape index (κ1) is 10.3. The molecule has 2 N–H and O–H groups in total. The molecule has 0 atom stereocenters. The maximum atomic E-state index is 11.2. The van der Waals surface area contributed by atoms with Crippen molar-refractivity contribution in [3.05, 3.63) is 30.1 Å². The molecule has 88 valence electrons. The molecule has 5 heteroatoms. The minimum absolute atomic E-state index is 0.162. The maximum absolute atomic E-state index is 11.2. The summed E-state index contributed by atoms with van der Waals surface area (Å²) in [6.45, 7) is 0. The number of aromatic nitrogens is 2. The number of carboxylic acid groups (broad SMARTS) is 1. The number of hydrogen-bond acceptors (Lipinski definition) is 3. The van der Waals surface area contributed by atoms with Gasteiger partial charge in [0.2, 0.25) is 0 Å². The van der Waals surface area contributed by atoms with Crippen LogP contribution in [0.3, 0.4) is 0 Å². The quantitative estimate of drug-likeness (QED) is 0.821. The molecule has 3 rings (SSSR count). The Kier molecular flexibility index (Phi) is 2.16. The Morgan fingerprint density at radius 3 is 2.82 bits per heavy atom. The smallest absolute Gasteiger partial charge is 0.337 e. The molecule has 1 heterocycles. The van der Waals surface area contributed by atoms with Crippen LogP contribution in [-0.2, 0) is 0 Å². The van der Waals surface area contributed by atoms with Gasteiger partial charge in [0.25, 0.3) is 0 Å². The average molecular weight is 232 g/mol. The van der Waals surface area contributed by atoms with E-state index in [0.29, 0.717) is 23.9 Å². The summed E-state index contributed by atoms with van der Waals surface area (Å²) in [5.74, 6) is -0.947. The lowest BCUT2D eigenvalue weighted by Crippen LogP contribution is -2.30. The molecule has 0 saturated heterocycles. The van der Waals surface area contributed by atoms with Gasteiger partial charge >= 0.3 is 5.97 Å². The maximum Gasteiger partial charge on any atom is 0.337 e. The number of imidazole rings is 1. The topological polar surface area (TPSA) is 75.3 Å². The summed E-state index contributed by atoms with van der Waals surface area (Å²) in [5.41, 5.74) is 1.60. The SMILES string of the molecule is O=C(O)c1cccc2ncn(C3CC(O)C3)c12. The molecule has 17 heavy (non-hydrogen) atoms. The van der Waals surface area contributed by atoms with E-state index in [2.05, 4.69) is 4.98 Å². The van der Waals surface area contributed by atoms with Gasteiger partial charge in [0.15, 0.2) is 0 Å². The predicted octanol–water partition coefficient (Wildman–Crippen LogP) is 1.43. The molecule has 1 saturated carbocycles. The molecule has 0 spiro atoms. The van der Waals surface area contributed by atoms with E-state index in [1.807, 2.05) is 4.57 Å². The number of hydrogen-bond donors (Lipinski definition) is 2. The molecule has 5 nitrogen and oxygen atoms in total. The van der Waals surface area contributed by atoms with Crippen LogP contribution < -0.4 is 0 Å². The molecule has 0 unspecified atom stereocenters. The Morgan fingerprint density at radius 2 is 2.18 bits per heavy atom. The third-order valence-electron chi connectivity index (χ3n) is 3.31. The molecule has 1 aliphatic carbocycles. The number of carbonyl (C=O) groups is 1. The van der Waals surface area contributed by atoms with Crippen LogP contribution in [0.25, 0.3) is 11.0 Å². The predicted molar refractivity (Wildman–Crippen MR) is 61.0 cm³/mol. The lowest BCUT2D eigenvalue weighted by atomic mass is 9.89. The first-order valence-corrected chi connectivity index (χ1v) is 5.53. The minimum Gasteiger partial charge on any atom is -0.478 e. The number of rotatable bonds is 2. The van der Waals surface area contributed by atoms with Crippen molar-refractivity contribution in [3.63, 3.8) is 0 Å². The van der Waals surface area contributed by atoms with Gasteiger partial charge in [0.05, 0.1) is 29.0 Å². The van der Waals surface area contributed by atoms with Gasteiger partial charge in [0, 0.05) is 6.04 Å². The molecule has 0 amide bonds. The number of benzene rings is 1. The molecule has 1 aromatic heterocycles. The number of aliphatic hydroxyl groups excluding tert-OH is 1. The van der Waals surface area contributed by atoms with Gasteiger partial charge in [-0.1, -0.05) is 6.07 Å². The molecule has 0 aliphatic heterocycles. The largest absolute Gasteiger partial charge is 0.478 e. The van der Waals surface area contributed by atoms with Crippen LogP contribution >= 0.6 is 0 Å². The number of fused-ring (bicyclic) bond motifs is 1. The minimum atomic E-state index is -0.947. The van der Waals surface area contributed by atoms with Crippen LogP contribution in [0.2, 0.25) is 0 Å². The van der Waals surface area contributed by atoms with E-state index in [1.165, 1.54) is 0 Å². The summed E-state index contributed by atoms with van der Waals surface area (Å²) < 4.78 is 1.87. The van der Waals surface area contributed by atoms with Crippen molar-refractivity contribution in [2.45, 2.75) is 25.0 Å². The first-order valence-electron chi connectivity index (χ1n) is 5.53. The zero-order chi connectivity index (χ0) is 12.0. The number of aromatic carboxylic acids is 1. The third-order valence-corrected chi connectivity index (χ3v) is 3.31. The lowest BCUT2D eigenvalue weighted by molar-refractivity contribution is 0.0500. The monoisotopic (exact) mass is 232 g/mol. The second-order valence-corrected chi connectivity index (χ2v) is 4.41. The fraction of sp³-hybridized carbons (Fsp3) is 0.333. The van der Waals surface area contributed by atoms with Gasteiger partial charge in [-0.2, -0.15) is 0 Å². The summed E-state index contributed by atoms with van der Waals surface area (Å²) in [6.07, 6.45) is 2.72. The van der Waals surface area contributed by atoms with Crippen LogP contribution in [0.5, 0.6) is 0 Å². The fourth-order valence-electron chi connectivity index (χ4n) is 2.32. The van der Waals surface area contributed by atoms with E-state index in [1.54, 1.807) is 24.5 Å². The summed E-state index contributed by atoms with van der Waals surface area (Å²) in [5, 5.41) is 18.5.